The lowest BCUT2D eigenvalue weighted by Gasteiger charge is -2.32. The van der Waals surface area contributed by atoms with Crippen molar-refractivity contribution in [2.45, 2.75) is 32.4 Å². The first-order chi connectivity index (χ1) is 12.0. The first-order valence-corrected chi connectivity index (χ1v) is 9.41. The minimum absolute atomic E-state index is 0.0224. The summed E-state index contributed by atoms with van der Waals surface area (Å²) in [4.78, 5) is 27.6. The van der Waals surface area contributed by atoms with Crippen LogP contribution in [0.2, 0.25) is 0 Å². The molecule has 1 aromatic rings. The summed E-state index contributed by atoms with van der Waals surface area (Å²) < 4.78 is 6.05. The van der Waals surface area contributed by atoms with Crippen molar-refractivity contribution in [1.29, 1.82) is 0 Å². The SMILES string of the molecule is CCOC(=O)N1CCC(NC(=O)CN(C)Cc2ccc(Br)cc2)CC1. The summed E-state index contributed by atoms with van der Waals surface area (Å²) in [6, 6.07) is 8.22. The lowest BCUT2D eigenvalue weighted by molar-refractivity contribution is -0.123. The zero-order chi connectivity index (χ0) is 18.2. The van der Waals surface area contributed by atoms with E-state index in [1.165, 1.54) is 5.56 Å². The van der Waals surface area contributed by atoms with Crippen LogP contribution in [0, 0.1) is 0 Å². The van der Waals surface area contributed by atoms with Gasteiger partial charge in [-0.2, -0.15) is 0 Å². The lowest BCUT2D eigenvalue weighted by atomic mass is 10.1. The zero-order valence-electron chi connectivity index (χ0n) is 14.8. The number of ether oxygens (including phenoxy) is 1. The number of amides is 2. The van der Waals surface area contributed by atoms with Gasteiger partial charge in [-0.25, -0.2) is 4.79 Å². The molecular weight excluding hydrogens is 386 g/mol. The van der Waals surface area contributed by atoms with Crippen LogP contribution in [0.5, 0.6) is 0 Å². The van der Waals surface area contributed by atoms with Gasteiger partial charge in [-0.1, -0.05) is 28.1 Å². The smallest absolute Gasteiger partial charge is 0.409 e. The number of halogens is 1. The molecule has 7 heteroatoms. The summed E-state index contributed by atoms with van der Waals surface area (Å²) in [5.41, 5.74) is 1.17. The average molecular weight is 412 g/mol. The molecule has 2 amide bonds. The van der Waals surface area contributed by atoms with E-state index in [9.17, 15) is 9.59 Å². The number of likely N-dealkylation sites (N-methyl/N-ethyl adjacent to an activating group) is 1. The van der Waals surface area contributed by atoms with Crippen LogP contribution in [0.25, 0.3) is 0 Å². The summed E-state index contributed by atoms with van der Waals surface area (Å²) in [5.74, 6) is 0.0224. The van der Waals surface area contributed by atoms with Crippen LogP contribution in [-0.2, 0) is 16.1 Å². The van der Waals surface area contributed by atoms with Gasteiger partial charge < -0.3 is 15.0 Å². The summed E-state index contributed by atoms with van der Waals surface area (Å²) in [5, 5.41) is 3.07. The van der Waals surface area contributed by atoms with Crippen LogP contribution in [0.3, 0.4) is 0 Å². The van der Waals surface area contributed by atoms with Crippen LogP contribution in [0.1, 0.15) is 25.3 Å². The third kappa shape index (κ3) is 6.66. The Morgan fingerprint density at radius 2 is 1.92 bits per heavy atom. The molecule has 0 aliphatic carbocycles. The Hall–Kier alpha value is -1.60. The zero-order valence-corrected chi connectivity index (χ0v) is 16.4. The third-order valence-electron chi connectivity index (χ3n) is 4.17. The van der Waals surface area contributed by atoms with Crippen molar-refractivity contribution in [2.75, 3.05) is 33.3 Å². The molecular formula is C18H26BrN3O3. The summed E-state index contributed by atoms with van der Waals surface area (Å²) in [6.45, 7) is 4.52. The van der Waals surface area contributed by atoms with Gasteiger partial charge in [0.15, 0.2) is 0 Å². The monoisotopic (exact) mass is 411 g/mol. The van der Waals surface area contributed by atoms with E-state index in [2.05, 4.69) is 21.2 Å². The van der Waals surface area contributed by atoms with E-state index in [0.29, 0.717) is 26.2 Å². The number of rotatable bonds is 6. The fourth-order valence-electron chi connectivity index (χ4n) is 2.90. The molecule has 1 saturated heterocycles. The third-order valence-corrected chi connectivity index (χ3v) is 4.69. The van der Waals surface area contributed by atoms with Crippen molar-refractivity contribution in [1.82, 2.24) is 15.1 Å². The first-order valence-electron chi connectivity index (χ1n) is 8.62. The topological polar surface area (TPSA) is 61.9 Å². The Labute approximate surface area is 157 Å². The molecule has 0 bridgehead atoms. The van der Waals surface area contributed by atoms with Gasteiger partial charge in [-0.15, -0.1) is 0 Å². The normalized spacial score (nSPS) is 15.3. The molecule has 0 radical (unpaired) electrons. The molecule has 1 aromatic carbocycles. The number of nitrogens with zero attached hydrogens (tertiary/aromatic N) is 2. The van der Waals surface area contributed by atoms with Gasteiger partial charge >= 0.3 is 6.09 Å². The Morgan fingerprint density at radius 3 is 2.52 bits per heavy atom. The van der Waals surface area contributed by atoms with Gasteiger partial charge in [0.05, 0.1) is 13.2 Å². The number of carbonyl (C=O) groups is 2. The standard InChI is InChI=1S/C18H26BrN3O3/c1-3-25-18(24)22-10-8-16(9-11-22)20-17(23)13-21(2)12-14-4-6-15(19)7-5-14/h4-7,16H,3,8-13H2,1-2H3,(H,20,23). The van der Waals surface area contributed by atoms with Crippen molar-refractivity contribution in [2.24, 2.45) is 0 Å². The summed E-state index contributed by atoms with van der Waals surface area (Å²) in [7, 11) is 1.94. The summed E-state index contributed by atoms with van der Waals surface area (Å²) in [6.07, 6.45) is 1.27. The number of piperidine rings is 1. The van der Waals surface area contributed by atoms with Crippen LogP contribution in [0.15, 0.2) is 28.7 Å². The quantitative estimate of drug-likeness (QED) is 0.781. The second-order valence-electron chi connectivity index (χ2n) is 6.33. The van der Waals surface area contributed by atoms with E-state index >= 15 is 0 Å². The van der Waals surface area contributed by atoms with Crippen molar-refractivity contribution in [3.05, 3.63) is 34.3 Å². The fraction of sp³-hybridized carbons (Fsp3) is 0.556. The van der Waals surface area contributed by atoms with Crippen molar-refractivity contribution in [3.63, 3.8) is 0 Å². The van der Waals surface area contributed by atoms with Crippen LogP contribution >= 0.6 is 15.9 Å². The first kappa shape index (κ1) is 19.7. The minimum atomic E-state index is -0.262. The van der Waals surface area contributed by atoms with Gasteiger partial charge in [0, 0.05) is 30.1 Å². The molecule has 0 saturated carbocycles. The Bertz CT molecular complexity index is 571. The van der Waals surface area contributed by atoms with Crippen molar-refractivity contribution < 1.29 is 14.3 Å². The molecule has 1 N–H and O–H groups in total. The Kier molecular flexibility index (Phi) is 7.71. The number of hydrogen-bond donors (Lipinski definition) is 1. The molecule has 1 fully saturated rings. The van der Waals surface area contributed by atoms with Crippen LogP contribution in [0.4, 0.5) is 4.79 Å². The highest BCUT2D eigenvalue weighted by Crippen LogP contribution is 2.13. The second-order valence-corrected chi connectivity index (χ2v) is 7.24. The maximum Gasteiger partial charge on any atom is 0.409 e. The highest BCUT2D eigenvalue weighted by Gasteiger charge is 2.24. The van der Waals surface area contributed by atoms with E-state index in [-0.39, 0.29) is 18.0 Å². The molecule has 0 spiro atoms. The number of likely N-dealkylation sites (tertiary alicyclic amines) is 1. The van der Waals surface area contributed by atoms with Gasteiger partial charge in [0.1, 0.15) is 0 Å². The maximum absolute atomic E-state index is 12.2. The number of carbonyl (C=O) groups excluding carboxylic acids is 2. The van der Waals surface area contributed by atoms with Crippen LogP contribution in [-0.4, -0.2) is 61.1 Å². The highest BCUT2D eigenvalue weighted by molar-refractivity contribution is 9.10. The van der Waals surface area contributed by atoms with Gasteiger partial charge in [0.2, 0.25) is 5.91 Å². The lowest BCUT2D eigenvalue weighted by Crippen LogP contribution is -2.48. The average Bonchev–Trinajstić information content (AvgIpc) is 2.57. The predicted octanol–water partition coefficient (Wildman–Crippen LogP) is 2.62. The number of nitrogens with one attached hydrogen (secondary N) is 1. The summed E-state index contributed by atoms with van der Waals surface area (Å²) >= 11 is 3.42. The molecule has 0 unspecified atom stereocenters. The van der Waals surface area contributed by atoms with Gasteiger partial charge in [-0.05, 0) is 44.5 Å². The molecule has 6 nitrogen and oxygen atoms in total. The minimum Gasteiger partial charge on any atom is -0.450 e. The van der Waals surface area contributed by atoms with E-state index in [1.807, 2.05) is 36.2 Å². The Balaban J connectivity index is 1.70. The highest BCUT2D eigenvalue weighted by atomic mass is 79.9. The predicted molar refractivity (Wildman–Crippen MR) is 100 cm³/mol. The molecule has 1 aliphatic heterocycles. The molecule has 2 rings (SSSR count). The number of benzene rings is 1. The molecule has 0 atom stereocenters. The largest absolute Gasteiger partial charge is 0.450 e. The van der Waals surface area contributed by atoms with Crippen molar-refractivity contribution in [3.8, 4) is 0 Å². The molecule has 1 aliphatic rings. The molecule has 1 heterocycles. The number of hydrogen-bond acceptors (Lipinski definition) is 4. The van der Waals surface area contributed by atoms with E-state index < -0.39 is 0 Å². The maximum atomic E-state index is 12.2. The fourth-order valence-corrected chi connectivity index (χ4v) is 3.16. The second kappa shape index (κ2) is 9.77. The molecule has 0 aromatic heterocycles. The molecule has 138 valence electrons. The van der Waals surface area contributed by atoms with E-state index in [4.69, 9.17) is 4.74 Å². The van der Waals surface area contributed by atoms with Crippen LogP contribution < -0.4 is 5.32 Å². The van der Waals surface area contributed by atoms with Crippen molar-refractivity contribution >= 4 is 27.9 Å². The Morgan fingerprint density at radius 1 is 1.28 bits per heavy atom. The molecule has 25 heavy (non-hydrogen) atoms. The van der Waals surface area contributed by atoms with Gasteiger partial charge in [0.25, 0.3) is 0 Å². The van der Waals surface area contributed by atoms with Gasteiger partial charge in [-0.3, -0.25) is 9.69 Å². The van der Waals surface area contributed by atoms with E-state index in [0.717, 1.165) is 23.9 Å². The van der Waals surface area contributed by atoms with E-state index in [1.54, 1.807) is 11.8 Å².